The van der Waals surface area contributed by atoms with Gasteiger partial charge in [0.2, 0.25) is 0 Å². The van der Waals surface area contributed by atoms with Crippen LogP contribution in [-0.2, 0) is 0 Å². The van der Waals surface area contributed by atoms with E-state index in [0.717, 1.165) is 22.6 Å². The Morgan fingerprint density at radius 1 is 1.47 bits per heavy atom. The van der Waals surface area contributed by atoms with Crippen molar-refractivity contribution < 1.29 is 4.39 Å². The maximum Gasteiger partial charge on any atom is 0.177 e. The van der Waals surface area contributed by atoms with Crippen molar-refractivity contribution in [1.29, 1.82) is 0 Å². The SMILES string of the molecule is C=C(/C(F)=C/Cl)N(N)/C(=N\N)c1cc(-c2cnn(C(C)CC3CCC(C)N3)c2)cnc1N. The van der Waals surface area contributed by atoms with Crippen LogP contribution < -0.4 is 22.7 Å². The Balaban J connectivity index is 1.83. The molecule has 0 bridgehead atoms. The van der Waals surface area contributed by atoms with Gasteiger partial charge in [-0.25, -0.2) is 15.2 Å². The van der Waals surface area contributed by atoms with E-state index in [9.17, 15) is 4.39 Å². The van der Waals surface area contributed by atoms with Gasteiger partial charge in [0.05, 0.1) is 23.5 Å². The molecule has 2 aromatic heterocycles. The number of nitrogens with one attached hydrogen (secondary N) is 1. The van der Waals surface area contributed by atoms with Gasteiger partial charge in [-0.15, -0.1) is 0 Å². The summed E-state index contributed by atoms with van der Waals surface area (Å²) >= 11 is 5.41. The number of nitrogens with two attached hydrogens (primary N) is 3. The van der Waals surface area contributed by atoms with Crippen LogP contribution in [0.25, 0.3) is 11.1 Å². The van der Waals surface area contributed by atoms with Gasteiger partial charge in [0, 0.05) is 41.1 Å². The monoisotopic (exact) mass is 461 g/mol. The molecule has 0 saturated carbocycles. The molecule has 3 unspecified atom stereocenters. The lowest BCUT2D eigenvalue weighted by molar-refractivity contribution is 0.393. The van der Waals surface area contributed by atoms with Crippen molar-refractivity contribution in [2.24, 2.45) is 16.8 Å². The Bertz CT molecular complexity index is 1030. The molecule has 0 aromatic carbocycles. The van der Waals surface area contributed by atoms with Crippen molar-refractivity contribution in [3.63, 3.8) is 0 Å². The number of allylic oxidation sites excluding steroid dienone is 1. The van der Waals surface area contributed by atoms with Crippen LogP contribution in [-0.4, -0.2) is 37.7 Å². The number of halogens is 2. The molecule has 32 heavy (non-hydrogen) atoms. The lowest BCUT2D eigenvalue weighted by Gasteiger charge is -2.22. The van der Waals surface area contributed by atoms with Gasteiger partial charge in [0.15, 0.2) is 11.7 Å². The fourth-order valence-electron chi connectivity index (χ4n) is 3.83. The molecule has 3 atom stereocenters. The second-order valence-electron chi connectivity index (χ2n) is 8.02. The van der Waals surface area contributed by atoms with E-state index in [0.29, 0.717) is 23.2 Å². The number of hydrogen-bond acceptors (Lipinski definition) is 7. The summed E-state index contributed by atoms with van der Waals surface area (Å²) in [5, 5.41) is 12.7. The fraction of sp³-hybridized carbons (Fsp3) is 0.381. The Morgan fingerprint density at radius 3 is 2.84 bits per heavy atom. The molecule has 9 nitrogen and oxygen atoms in total. The van der Waals surface area contributed by atoms with Gasteiger partial charge in [0.1, 0.15) is 5.82 Å². The zero-order chi connectivity index (χ0) is 23.4. The molecule has 1 saturated heterocycles. The standard InChI is InChI=1S/C21H29ClFN9/c1-12-4-5-17(29-12)6-13(2)31-11-16(10-28-31)15-7-18(20(24)27-9-15)21(30-25)32(26)14(3)19(23)8-22/h7-13,17,29H,3-6,25-26H2,1-2H3,(H2,24,27)/b19-8-,30-21-. The van der Waals surface area contributed by atoms with Crippen LogP contribution in [0.3, 0.4) is 0 Å². The minimum atomic E-state index is -0.834. The Labute approximate surface area is 191 Å². The van der Waals surface area contributed by atoms with Crippen molar-refractivity contribution >= 4 is 23.3 Å². The van der Waals surface area contributed by atoms with Gasteiger partial charge in [-0.05, 0) is 39.2 Å². The van der Waals surface area contributed by atoms with Crippen LogP contribution in [0.5, 0.6) is 0 Å². The molecule has 7 N–H and O–H groups in total. The van der Waals surface area contributed by atoms with Crippen molar-refractivity contribution in [2.45, 2.75) is 51.2 Å². The summed E-state index contributed by atoms with van der Waals surface area (Å²) in [6, 6.07) is 2.99. The maximum atomic E-state index is 13.8. The van der Waals surface area contributed by atoms with E-state index in [2.05, 4.69) is 40.9 Å². The highest BCUT2D eigenvalue weighted by Crippen LogP contribution is 2.27. The molecule has 1 aliphatic heterocycles. The van der Waals surface area contributed by atoms with Crippen molar-refractivity contribution in [1.82, 2.24) is 25.1 Å². The number of anilines is 1. The Hall–Kier alpha value is -2.95. The lowest BCUT2D eigenvalue weighted by atomic mass is 10.1. The number of hydrazone groups is 1. The zero-order valence-corrected chi connectivity index (χ0v) is 18.9. The second kappa shape index (κ2) is 10.1. The van der Waals surface area contributed by atoms with E-state index in [1.165, 1.54) is 12.8 Å². The van der Waals surface area contributed by atoms with Crippen LogP contribution in [0.1, 0.15) is 44.7 Å². The average Bonchev–Trinajstić information content (AvgIpc) is 3.43. The summed E-state index contributed by atoms with van der Waals surface area (Å²) in [6.07, 6.45) is 8.69. The van der Waals surface area contributed by atoms with E-state index >= 15 is 0 Å². The number of rotatable bonds is 7. The smallest absolute Gasteiger partial charge is 0.177 e. The van der Waals surface area contributed by atoms with Gasteiger partial charge < -0.3 is 16.9 Å². The van der Waals surface area contributed by atoms with Gasteiger partial charge in [0.25, 0.3) is 0 Å². The van der Waals surface area contributed by atoms with Gasteiger partial charge in [-0.1, -0.05) is 18.2 Å². The molecular weight excluding hydrogens is 433 g/mol. The molecule has 3 rings (SSSR count). The van der Waals surface area contributed by atoms with Crippen LogP contribution >= 0.6 is 11.6 Å². The Morgan fingerprint density at radius 2 is 2.22 bits per heavy atom. The largest absolute Gasteiger partial charge is 0.383 e. The molecule has 1 aliphatic rings. The fourth-order valence-corrected chi connectivity index (χ4v) is 3.96. The molecule has 1 fully saturated rings. The first-order chi connectivity index (χ1) is 15.2. The number of pyridine rings is 1. The summed E-state index contributed by atoms with van der Waals surface area (Å²) in [5.74, 6) is 10.7. The third-order valence-electron chi connectivity index (χ3n) is 5.65. The average molecular weight is 462 g/mol. The third-order valence-corrected chi connectivity index (χ3v) is 5.84. The summed E-state index contributed by atoms with van der Waals surface area (Å²) in [4.78, 5) is 4.22. The van der Waals surface area contributed by atoms with E-state index in [4.69, 9.17) is 29.0 Å². The van der Waals surface area contributed by atoms with E-state index in [1.807, 2.05) is 10.9 Å². The van der Waals surface area contributed by atoms with E-state index in [1.54, 1.807) is 18.5 Å². The quantitative estimate of drug-likeness (QED) is 0.163. The first-order valence-corrected chi connectivity index (χ1v) is 10.7. The van der Waals surface area contributed by atoms with Crippen molar-refractivity contribution in [3.05, 3.63) is 53.9 Å². The number of amidine groups is 1. The molecule has 0 amide bonds. The number of hydrazine groups is 1. The molecule has 3 heterocycles. The number of aromatic nitrogens is 3. The van der Waals surface area contributed by atoms with Crippen molar-refractivity contribution in [3.8, 4) is 11.1 Å². The van der Waals surface area contributed by atoms with E-state index in [-0.39, 0.29) is 23.4 Å². The number of nitrogen functional groups attached to an aromatic ring is 1. The molecule has 11 heteroatoms. The summed E-state index contributed by atoms with van der Waals surface area (Å²) in [7, 11) is 0. The highest BCUT2D eigenvalue weighted by molar-refractivity contribution is 6.25. The Kier molecular flexibility index (Phi) is 7.49. The lowest BCUT2D eigenvalue weighted by Crippen LogP contribution is -2.38. The van der Waals surface area contributed by atoms with Gasteiger partial charge in [-0.2, -0.15) is 10.2 Å². The zero-order valence-electron chi connectivity index (χ0n) is 18.2. The number of nitrogens with zero attached hydrogens (tertiary/aromatic N) is 5. The molecule has 172 valence electrons. The normalized spacial score (nSPS) is 20.4. The van der Waals surface area contributed by atoms with Crippen LogP contribution in [0.15, 0.2) is 53.4 Å². The van der Waals surface area contributed by atoms with E-state index < -0.39 is 5.83 Å². The molecule has 0 spiro atoms. The maximum absolute atomic E-state index is 13.8. The molecule has 0 aliphatic carbocycles. The number of hydrogen-bond donors (Lipinski definition) is 4. The molecule has 0 radical (unpaired) electrons. The predicted octanol–water partition coefficient (Wildman–Crippen LogP) is 2.98. The highest BCUT2D eigenvalue weighted by Gasteiger charge is 2.23. The van der Waals surface area contributed by atoms with Crippen LogP contribution in [0, 0.1) is 0 Å². The van der Waals surface area contributed by atoms with Gasteiger partial charge in [-0.3, -0.25) is 9.69 Å². The first-order valence-electron chi connectivity index (χ1n) is 10.3. The van der Waals surface area contributed by atoms with Crippen molar-refractivity contribution in [2.75, 3.05) is 5.73 Å². The van der Waals surface area contributed by atoms with Crippen LogP contribution in [0.2, 0.25) is 0 Å². The second-order valence-corrected chi connectivity index (χ2v) is 8.24. The van der Waals surface area contributed by atoms with Gasteiger partial charge >= 0.3 is 0 Å². The predicted molar refractivity (Wildman–Crippen MR) is 126 cm³/mol. The molecule has 2 aromatic rings. The highest BCUT2D eigenvalue weighted by atomic mass is 35.5. The minimum Gasteiger partial charge on any atom is -0.383 e. The summed E-state index contributed by atoms with van der Waals surface area (Å²) in [6.45, 7) is 7.91. The topological polar surface area (TPSA) is 136 Å². The third kappa shape index (κ3) is 5.09. The minimum absolute atomic E-state index is 0.0160. The molecular formula is C21H29ClFN9. The first kappa shape index (κ1) is 23.7. The summed E-state index contributed by atoms with van der Waals surface area (Å²) < 4.78 is 15.8. The summed E-state index contributed by atoms with van der Waals surface area (Å²) in [5.41, 5.74) is 8.40. The van der Waals surface area contributed by atoms with Crippen LogP contribution in [0.4, 0.5) is 10.2 Å².